The van der Waals surface area contributed by atoms with Gasteiger partial charge >= 0.3 is 0 Å². The lowest BCUT2D eigenvalue weighted by Gasteiger charge is -2.26. The van der Waals surface area contributed by atoms with Crippen molar-refractivity contribution in [3.8, 4) is 0 Å². The number of hydrogen-bond acceptors (Lipinski definition) is 3. The number of aliphatic hydroxyl groups is 1. The standard InChI is InChI=1S/C23H26N2O/c1-15-9-10-19-17(3)13-21(24-22(19)18(15)4)25-12-11-23(26,14-25)20-8-6-5-7-16(20)2/h5-10,13,26H,11-12,14H2,1-4H3. The molecule has 3 heteroatoms. The van der Waals surface area contributed by atoms with Crippen molar-refractivity contribution in [1.82, 2.24) is 4.98 Å². The molecule has 1 aliphatic heterocycles. The lowest BCUT2D eigenvalue weighted by molar-refractivity contribution is 0.0600. The molecular weight excluding hydrogens is 320 g/mol. The minimum atomic E-state index is -0.808. The van der Waals surface area contributed by atoms with Crippen LogP contribution < -0.4 is 4.90 Å². The molecule has 2 aromatic carbocycles. The normalized spacial score (nSPS) is 20.1. The first-order valence-electron chi connectivity index (χ1n) is 9.30. The Labute approximate surface area is 155 Å². The van der Waals surface area contributed by atoms with Crippen LogP contribution >= 0.6 is 0 Å². The van der Waals surface area contributed by atoms with Crippen molar-refractivity contribution in [3.05, 3.63) is 70.3 Å². The molecule has 1 atom stereocenters. The third kappa shape index (κ3) is 2.67. The molecule has 2 heterocycles. The summed E-state index contributed by atoms with van der Waals surface area (Å²) in [6, 6.07) is 14.6. The van der Waals surface area contributed by atoms with Crippen molar-refractivity contribution in [2.75, 3.05) is 18.0 Å². The molecule has 0 radical (unpaired) electrons. The fourth-order valence-electron chi connectivity index (χ4n) is 4.15. The van der Waals surface area contributed by atoms with Gasteiger partial charge in [0.2, 0.25) is 0 Å². The van der Waals surface area contributed by atoms with Crippen LogP contribution in [0.2, 0.25) is 0 Å². The molecular formula is C23H26N2O. The summed E-state index contributed by atoms with van der Waals surface area (Å²) < 4.78 is 0. The number of benzene rings is 2. The summed E-state index contributed by atoms with van der Waals surface area (Å²) in [5.41, 5.74) is 6.18. The smallest absolute Gasteiger partial charge is 0.129 e. The molecule has 3 aromatic rings. The van der Waals surface area contributed by atoms with E-state index in [0.29, 0.717) is 6.54 Å². The zero-order chi connectivity index (χ0) is 18.5. The lowest BCUT2D eigenvalue weighted by atomic mass is 9.89. The van der Waals surface area contributed by atoms with Gasteiger partial charge in [-0.05, 0) is 68.0 Å². The van der Waals surface area contributed by atoms with E-state index in [-0.39, 0.29) is 0 Å². The topological polar surface area (TPSA) is 36.4 Å². The summed E-state index contributed by atoms with van der Waals surface area (Å²) in [7, 11) is 0. The second-order valence-corrected chi connectivity index (χ2v) is 7.72. The third-order valence-corrected chi connectivity index (χ3v) is 5.92. The van der Waals surface area contributed by atoms with Gasteiger partial charge in [0.1, 0.15) is 11.4 Å². The van der Waals surface area contributed by atoms with E-state index in [2.05, 4.69) is 56.9 Å². The number of rotatable bonds is 2. The molecule has 0 amide bonds. The number of pyridine rings is 1. The van der Waals surface area contributed by atoms with Crippen LogP contribution in [0.25, 0.3) is 10.9 Å². The average Bonchev–Trinajstić information content (AvgIpc) is 3.02. The van der Waals surface area contributed by atoms with Crippen molar-refractivity contribution in [2.24, 2.45) is 0 Å². The minimum absolute atomic E-state index is 0.584. The molecule has 1 aliphatic rings. The van der Waals surface area contributed by atoms with E-state index in [0.717, 1.165) is 35.4 Å². The SMILES string of the molecule is Cc1ccccc1C1(O)CCN(c2cc(C)c3ccc(C)c(C)c3n2)C1. The van der Waals surface area contributed by atoms with Crippen LogP contribution in [0.1, 0.15) is 34.2 Å². The van der Waals surface area contributed by atoms with Crippen LogP contribution in [-0.4, -0.2) is 23.2 Å². The molecule has 1 unspecified atom stereocenters. The van der Waals surface area contributed by atoms with E-state index in [1.165, 1.54) is 22.1 Å². The number of hydrogen-bond donors (Lipinski definition) is 1. The molecule has 0 bridgehead atoms. The molecule has 1 fully saturated rings. The van der Waals surface area contributed by atoms with Gasteiger partial charge < -0.3 is 10.0 Å². The molecule has 134 valence electrons. The first kappa shape index (κ1) is 17.0. The van der Waals surface area contributed by atoms with Gasteiger partial charge in [-0.25, -0.2) is 4.98 Å². The van der Waals surface area contributed by atoms with Gasteiger partial charge in [-0.1, -0.05) is 36.4 Å². The fourth-order valence-corrected chi connectivity index (χ4v) is 4.15. The van der Waals surface area contributed by atoms with E-state index < -0.39 is 5.60 Å². The molecule has 0 saturated carbocycles. The molecule has 3 nitrogen and oxygen atoms in total. The third-order valence-electron chi connectivity index (χ3n) is 5.92. The molecule has 4 rings (SSSR count). The number of aryl methyl sites for hydroxylation is 4. The maximum atomic E-state index is 11.3. The Balaban J connectivity index is 1.73. The second kappa shape index (κ2) is 6.10. The Bertz CT molecular complexity index is 995. The van der Waals surface area contributed by atoms with Gasteiger partial charge in [-0.2, -0.15) is 0 Å². The fraction of sp³-hybridized carbons (Fsp3) is 0.348. The highest BCUT2D eigenvalue weighted by Crippen LogP contribution is 2.36. The number of nitrogens with zero attached hydrogens (tertiary/aromatic N) is 2. The predicted octanol–water partition coefficient (Wildman–Crippen LogP) is 4.57. The Morgan fingerprint density at radius 2 is 1.73 bits per heavy atom. The van der Waals surface area contributed by atoms with Gasteiger partial charge in [-0.15, -0.1) is 0 Å². The first-order valence-corrected chi connectivity index (χ1v) is 9.30. The van der Waals surface area contributed by atoms with Crippen LogP contribution in [0.4, 0.5) is 5.82 Å². The molecule has 0 aliphatic carbocycles. The predicted molar refractivity (Wildman–Crippen MR) is 108 cm³/mol. The number of aromatic nitrogens is 1. The summed E-state index contributed by atoms with van der Waals surface area (Å²) in [6.45, 7) is 9.88. The quantitative estimate of drug-likeness (QED) is 0.738. The van der Waals surface area contributed by atoms with Crippen molar-refractivity contribution < 1.29 is 5.11 Å². The maximum Gasteiger partial charge on any atom is 0.129 e. The van der Waals surface area contributed by atoms with Crippen LogP contribution in [0.5, 0.6) is 0 Å². The first-order chi connectivity index (χ1) is 12.4. The molecule has 1 N–H and O–H groups in total. The number of fused-ring (bicyclic) bond motifs is 1. The second-order valence-electron chi connectivity index (χ2n) is 7.72. The van der Waals surface area contributed by atoms with Crippen LogP contribution in [-0.2, 0) is 5.60 Å². The minimum Gasteiger partial charge on any atom is -0.383 e. The largest absolute Gasteiger partial charge is 0.383 e. The highest BCUT2D eigenvalue weighted by atomic mass is 16.3. The summed E-state index contributed by atoms with van der Waals surface area (Å²) in [5, 5.41) is 12.5. The average molecular weight is 346 g/mol. The van der Waals surface area contributed by atoms with E-state index in [1.54, 1.807) is 0 Å². The zero-order valence-electron chi connectivity index (χ0n) is 16.0. The number of anilines is 1. The molecule has 1 saturated heterocycles. The van der Waals surface area contributed by atoms with E-state index >= 15 is 0 Å². The van der Waals surface area contributed by atoms with Crippen LogP contribution in [0.15, 0.2) is 42.5 Å². The highest BCUT2D eigenvalue weighted by Gasteiger charge is 2.39. The van der Waals surface area contributed by atoms with Gasteiger partial charge in [0.25, 0.3) is 0 Å². The van der Waals surface area contributed by atoms with E-state index in [4.69, 9.17) is 4.98 Å². The maximum absolute atomic E-state index is 11.3. The zero-order valence-corrected chi connectivity index (χ0v) is 16.0. The van der Waals surface area contributed by atoms with Crippen LogP contribution in [0, 0.1) is 27.7 Å². The molecule has 0 spiro atoms. The van der Waals surface area contributed by atoms with E-state index in [1.807, 2.05) is 18.2 Å². The summed E-state index contributed by atoms with van der Waals surface area (Å²) in [4.78, 5) is 7.20. The molecule has 1 aromatic heterocycles. The van der Waals surface area contributed by atoms with Crippen molar-refractivity contribution in [1.29, 1.82) is 0 Å². The summed E-state index contributed by atoms with van der Waals surface area (Å²) in [6.07, 6.45) is 0.726. The highest BCUT2D eigenvalue weighted by molar-refractivity contribution is 5.87. The van der Waals surface area contributed by atoms with E-state index in [9.17, 15) is 5.11 Å². The van der Waals surface area contributed by atoms with Gasteiger partial charge in [0.05, 0.1) is 12.1 Å². The Hall–Kier alpha value is -2.39. The van der Waals surface area contributed by atoms with Gasteiger partial charge in [0, 0.05) is 11.9 Å². The van der Waals surface area contributed by atoms with Crippen LogP contribution in [0.3, 0.4) is 0 Å². The molecule has 26 heavy (non-hydrogen) atoms. The number of β-amino-alcohol motifs (C(OH)–C–C–N with tert-alkyl or cyclic N) is 1. The lowest BCUT2D eigenvalue weighted by Crippen LogP contribution is -2.31. The summed E-state index contributed by atoms with van der Waals surface area (Å²) in [5.74, 6) is 0.966. The van der Waals surface area contributed by atoms with Gasteiger partial charge in [0.15, 0.2) is 0 Å². The van der Waals surface area contributed by atoms with Crippen molar-refractivity contribution in [3.63, 3.8) is 0 Å². The van der Waals surface area contributed by atoms with Crippen molar-refractivity contribution >= 4 is 16.7 Å². The van der Waals surface area contributed by atoms with Gasteiger partial charge in [-0.3, -0.25) is 0 Å². The monoisotopic (exact) mass is 346 g/mol. The summed E-state index contributed by atoms with van der Waals surface area (Å²) >= 11 is 0. The van der Waals surface area contributed by atoms with Crippen molar-refractivity contribution in [2.45, 2.75) is 39.7 Å². The Morgan fingerprint density at radius 3 is 2.50 bits per heavy atom. The Kier molecular flexibility index (Phi) is 4.00. The Morgan fingerprint density at radius 1 is 0.962 bits per heavy atom.